The summed E-state index contributed by atoms with van der Waals surface area (Å²) in [5.74, 6) is 1.38. The summed E-state index contributed by atoms with van der Waals surface area (Å²) in [7, 11) is 0. The summed E-state index contributed by atoms with van der Waals surface area (Å²) in [6, 6.07) is 15.0. The summed E-state index contributed by atoms with van der Waals surface area (Å²) in [5.41, 5.74) is 1.38. The van der Waals surface area contributed by atoms with Crippen LogP contribution in [-0.2, 0) is 9.47 Å². The van der Waals surface area contributed by atoms with E-state index in [1.807, 2.05) is 48.5 Å². The molecule has 0 spiro atoms. The van der Waals surface area contributed by atoms with E-state index in [1.165, 1.54) is 0 Å². The average Bonchev–Trinajstić information content (AvgIpc) is 3.05. The van der Waals surface area contributed by atoms with Crippen molar-refractivity contribution in [1.29, 1.82) is 0 Å². The summed E-state index contributed by atoms with van der Waals surface area (Å²) in [5, 5.41) is 0. The van der Waals surface area contributed by atoms with E-state index in [0.29, 0.717) is 76.7 Å². The summed E-state index contributed by atoms with van der Waals surface area (Å²) < 4.78 is 22.6. The lowest BCUT2D eigenvalue weighted by molar-refractivity contribution is 0.0254. The highest BCUT2D eigenvalue weighted by Gasteiger charge is 2.29. The molecule has 4 rings (SSSR count). The van der Waals surface area contributed by atoms with Crippen molar-refractivity contribution in [3.05, 3.63) is 59.7 Å². The molecule has 0 saturated carbocycles. The standard InChI is InChI=1S/C34H48N2O6/c1-3-19-41-31-11-7-27(8-12-31)33(37)29(25-35-15-21-39-22-16-35)5-6-30(26-36-17-23-40-24-18-36)34(38)28-9-13-32(14-10-28)42-20-4-2/h7-14,29-30H,3-6,15-26H2,1-2H3/t29-,30-/m0/s1. The second kappa shape index (κ2) is 17.4. The van der Waals surface area contributed by atoms with Crippen LogP contribution < -0.4 is 9.47 Å². The molecule has 2 aliphatic heterocycles. The Labute approximate surface area is 251 Å². The van der Waals surface area contributed by atoms with Crippen molar-refractivity contribution in [2.45, 2.75) is 39.5 Å². The number of hydrogen-bond donors (Lipinski definition) is 0. The highest BCUT2D eigenvalue weighted by molar-refractivity contribution is 5.99. The lowest BCUT2D eigenvalue weighted by atomic mass is 9.86. The van der Waals surface area contributed by atoms with Crippen LogP contribution >= 0.6 is 0 Å². The zero-order chi connectivity index (χ0) is 29.6. The molecule has 2 aliphatic rings. The van der Waals surface area contributed by atoms with Crippen LogP contribution in [0.5, 0.6) is 11.5 Å². The highest BCUT2D eigenvalue weighted by Crippen LogP contribution is 2.25. The number of nitrogens with zero attached hydrogens (tertiary/aromatic N) is 2. The lowest BCUT2D eigenvalue weighted by Gasteiger charge is -2.32. The zero-order valence-electron chi connectivity index (χ0n) is 25.4. The van der Waals surface area contributed by atoms with Crippen molar-refractivity contribution in [2.24, 2.45) is 11.8 Å². The third-order valence-electron chi connectivity index (χ3n) is 7.99. The second-order valence-electron chi connectivity index (χ2n) is 11.3. The predicted octanol–water partition coefficient (Wildman–Crippen LogP) is 5.01. The van der Waals surface area contributed by atoms with Crippen molar-refractivity contribution in [2.75, 3.05) is 78.9 Å². The first-order valence-corrected chi connectivity index (χ1v) is 15.7. The molecule has 2 saturated heterocycles. The molecule has 0 N–H and O–H groups in total. The maximum Gasteiger partial charge on any atom is 0.167 e. The van der Waals surface area contributed by atoms with Gasteiger partial charge in [-0.25, -0.2) is 0 Å². The molecule has 2 heterocycles. The van der Waals surface area contributed by atoms with Crippen LogP contribution in [-0.4, -0.2) is 100 Å². The Morgan fingerprint density at radius 2 is 1.00 bits per heavy atom. The Balaban J connectivity index is 1.49. The largest absolute Gasteiger partial charge is 0.494 e. The average molecular weight is 581 g/mol. The van der Waals surface area contributed by atoms with E-state index in [-0.39, 0.29) is 23.4 Å². The Kier molecular flexibility index (Phi) is 13.3. The molecule has 0 aliphatic carbocycles. The fourth-order valence-corrected chi connectivity index (χ4v) is 5.55. The summed E-state index contributed by atoms with van der Waals surface area (Å²) in [6.45, 7) is 12.8. The first kappa shape index (κ1) is 32.1. The number of carbonyl (C=O) groups excluding carboxylic acids is 2. The molecule has 0 amide bonds. The van der Waals surface area contributed by atoms with Gasteiger partial charge < -0.3 is 18.9 Å². The maximum absolute atomic E-state index is 13.9. The van der Waals surface area contributed by atoms with Crippen LogP contribution in [0.25, 0.3) is 0 Å². The molecule has 0 unspecified atom stereocenters. The molecule has 0 radical (unpaired) electrons. The molecule has 2 aromatic rings. The molecule has 0 bridgehead atoms. The Morgan fingerprint density at radius 1 is 0.643 bits per heavy atom. The minimum absolute atomic E-state index is 0.124. The highest BCUT2D eigenvalue weighted by atomic mass is 16.5. The van der Waals surface area contributed by atoms with Gasteiger partial charge >= 0.3 is 0 Å². The van der Waals surface area contributed by atoms with E-state index in [0.717, 1.165) is 50.5 Å². The van der Waals surface area contributed by atoms with Gasteiger partial charge in [0.15, 0.2) is 11.6 Å². The maximum atomic E-state index is 13.9. The van der Waals surface area contributed by atoms with Crippen molar-refractivity contribution in [3.8, 4) is 11.5 Å². The minimum atomic E-state index is -0.213. The third-order valence-corrected chi connectivity index (χ3v) is 7.99. The minimum Gasteiger partial charge on any atom is -0.494 e. The number of ether oxygens (including phenoxy) is 4. The van der Waals surface area contributed by atoms with Gasteiger partial charge in [0, 0.05) is 62.2 Å². The van der Waals surface area contributed by atoms with Crippen LogP contribution in [0.2, 0.25) is 0 Å². The van der Waals surface area contributed by atoms with Gasteiger partial charge in [0.25, 0.3) is 0 Å². The van der Waals surface area contributed by atoms with Crippen molar-refractivity contribution >= 4 is 11.6 Å². The number of morpholine rings is 2. The topological polar surface area (TPSA) is 77.5 Å². The van der Waals surface area contributed by atoms with E-state index in [4.69, 9.17) is 18.9 Å². The third kappa shape index (κ3) is 9.90. The number of benzene rings is 2. The van der Waals surface area contributed by atoms with Crippen LogP contribution in [0.15, 0.2) is 48.5 Å². The molecule has 2 atom stereocenters. The van der Waals surface area contributed by atoms with Crippen molar-refractivity contribution < 1.29 is 28.5 Å². The van der Waals surface area contributed by atoms with Crippen molar-refractivity contribution in [3.63, 3.8) is 0 Å². The SMILES string of the molecule is CCCOc1ccc(C(=O)[C@@H](CC[C@@H](CN2CCOCC2)C(=O)c2ccc(OCCC)cc2)CN2CCOCC2)cc1. The number of ketones is 2. The molecular formula is C34H48N2O6. The number of hydrogen-bond acceptors (Lipinski definition) is 8. The van der Waals surface area contributed by atoms with Crippen LogP contribution in [0, 0.1) is 11.8 Å². The Morgan fingerprint density at radius 3 is 1.33 bits per heavy atom. The van der Waals surface area contributed by atoms with E-state index < -0.39 is 0 Å². The number of carbonyl (C=O) groups is 2. The zero-order valence-corrected chi connectivity index (χ0v) is 25.4. The second-order valence-corrected chi connectivity index (χ2v) is 11.3. The van der Waals surface area contributed by atoms with Crippen LogP contribution in [0.1, 0.15) is 60.2 Å². The molecule has 8 nitrogen and oxygen atoms in total. The van der Waals surface area contributed by atoms with E-state index >= 15 is 0 Å². The molecule has 2 fully saturated rings. The van der Waals surface area contributed by atoms with E-state index in [1.54, 1.807) is 0 Å². The van der Waals surface area contributed by atoms with E-state index in [2.05, 4.69) is 23.6 Å². The molecule has 230 valence electrons. The number of Topliss-reactive ketones (excluding diaryl/α,β-unsaturated/α-hetero) is 2. The Bertz CT molecular complexity index is 991. The summed E-state index contributed by atoms with van der Waals surface area (Å²) >= 11 is 0. The number of rotatable bonds is 17. The smallest absolute Gasteiger partial charge is 0.167 e. The molecular weight excluding hydrogens is 532 g/mol. The quantitative estimate of drug-likeness (QED) is 0.242. The lowest BCUT2D eigenvalue weighted by Crippen LogP contribution is -2.42. The fourth-order valence-electron chi connectivity index (χ4n) is 5.55. The van der Waals surface area contributed by atoms with Gasteiger partial charge in [0.2, 0.25) is 0 Å². The van der Waals surface area contributed by atoms with Gasteiger partial charge in [0.1, 0.15) is 11.5 Å². The molecule has 42 heavy (non-hydrogen) atoms. The van der Waals surface area contributed by atoms with Crippen LogP contribution in [0.4, 0.5) is 0 Å². The molecule has 0 aromatic heterocycles. The summed E-state index contributed by atoms with van der Waals surface area (Å²) in [6.07, 6.45) is 3.15. The van der Waals surface area contributed by atoms with Crippen LogP contribution in [0.3, 0.4) is 0 Å². The van der Waals surface area contributed by atoms with E-state index in [9.17, 15) is 9.59 Å². The first-order chi connectivity index (χ1) is 20.6. The van der Waals surface area contributed by atoms with Gasteiger partial charge in [-0.2, -0.15) is 0 Å². The van der Waals surface area contributed by atoms with Gasteiger partial charge in [-0.3, -0.25) is 19.4 Å². The predicted molar refractivity (Wildman–Crippen MR) is 164 cm³/mol. The Hall–Kier alpha value is -2.78. The monoisotopic (exact) mass is 580 g/mol. The molecule has 2 aromatic carbocycles. The van der Waals surface area contributed by atoms with Gasteiger partial charge in [-0.15, -0.1) is 0 Å². The van der Waals surface area contributed by atoms with Gasteiger partial charge in [0.05, 0.1) is 39.6 Å². The fraction of sp³-hybridized carbons (Fsp3) is 0.588. The normalized spacial score (nSPS) is 17.9. The first-order valence-electron chi connectivity index (χ1n) is 15.7. The van der Waals surface area contributed by atoms with Gasteiger partial charge in [-0.05, 0) is 74.2 Å². The van der Waals surface area contributed by atoms with Gasteiger partial charge in [-0.1, -0.05) is 13.8 Å². The summed E-state index contributed by atoms with van der Waals surface area (Å²) in [4.78, 5) is 32.4. The van der Waals surface area contributed by atoms with Crippen molar-refractivity contribution in [1.82, 2.24) is 9.80 Å². The molecule has 8 heteroatoms.